The van der Waals surface area contributed by atoms with Gasteiger partial charge in [0.1, 0.15) is 0 Å². The number of carbonyl (C=O) groups is 1. The summed E-state index contributed by atoms with van der Waals surface area (Å²) in [5.74, 6) is 0.660. The Morgan fingerprint density at radius 2 is 1.52 bits per heavy atom. The van der Waals surface area contributed by atoms with E-state index in [-0.39, 0.29) is 6.03 Å². The molecule has 0 unspecified atom stereocenters. The van der Waals surface area contributed by atoms with E-state index in [9.17, 15) is 4.79 Å². The molecule has 2 heterocycles. The Morgan fingerprint density at radius 1 is 0.889 bits per heavy atom. The predicted octanol–water partition coefficient (Wildman–Crippen LogP) is 4.29. The summed E-state index contributed by atoms with van der Waals surface area (Å²) < 4.78 is 0. The summed E-state index contributed by atoms with van der Waals surface area (Å²) in [7, 11) is 0. The second kappa shape index (κ2) is 7.58. The first-order chi connectivity index (χ1) is 13.1. The summed E-state index contributed by atoms with van der Waals surface area (Å²) in [6.45, 7) is 2.43. The van der Waals surface area contributed by atoms with Crippen molar-refractivity contribution in [3.63, 3.8) is 0 Å². The molecule has 3 aromatic rings. The van der Waals surface area contributed by atoms with Crippen molar-refractivity contribution in [3.8, 4) is 0 Å². The first-order valence-corrected chi connectivity index (χ1v) is 9.34. The standard InChI is InChI=1S/C19H17Cl2N5O/c20-13-5-7-14(8-6-13)22-19(27)26-11-9-25(10-12-26)18-17(21)23-15-3-1-2-4-16(15)24-18/h1-8H,9-12H2,(H,22,27). The third-order valence-corrected chi connectivity index (χ3v) is 4.98. The van der Waals surface area contributed by atoms with Gasteiger partial charge in [-0.15, -0.1) is 0 Å². The highest BCUT2D eigenvalue weighted by atomic mass is 35.5. The molecule has 1 saturated heterocycles. The van der Waals surface area contributed by atoms with Crippen molar-refractivity contribution in [3.05, 3.63) is 58.7 Å². The lowest BCUT2D eigenvalue weighted by molar-refractivity contribution is 0.208. The van der Waals surface area contributed by atoms with Crippen LogP contribution in [0.4, 0.5) is 16.3 Å². The van der Waals surface area contributed by atoms with E-state index in [1.807, 2.05) is 24.3 Å². The fourth-order valence-corrected chi connectivity index (χ4v) is 3.41. The first kappa shape index (κ1) is 17.8. The lowest BCUT2D eigenvalue weighted by atomic mass is 10.3. The fraction of sp³-hybridized carbons (Fsp3) is 0.211. The van der Waals surface area contributed by atoms with Crippen molar-refractivity contribution in [2.45, 2.75) is 0 Å². The Labute approximate surface area is 166 Å². The number of nitrogens with one attached hydrogen (secondary N) is 1. The molecule has 138 valence electrons. The zero-order chi connectivity index (χ0) is 18.8. The van der Waals surface area contributed by atoms with Crippen LogP contribution < -0.4 is 10.2 Å². The number of fused-ring (bicyclic) bond motifs is 1. The molecule has 0 atom stereocenters. The number of benzene rings is 2. The van der Waals surface area contributed by atoms with Crippen LogP contribution in [0.15, 0.2) is 48.5 Å². The highest BCUT2D eigenvalue weighted by molar-refractivity contribution is 6.32. The molecule has 1 aliphatic rings. The van der Waals surface area contributed by atoms with Crippen LogP contribution in [0.2, 0.25) is 10.2 Å². The van der Waals surface area contributed by atoms with Crippen molar-refractivity contribution in [1.82, 2.24) is 14.9 Å². The smallest absolute Gasteiger partial charge is 0.321 e. The van der Waals surface area contributed by atoms with Crippen LogP contribution in [-0.2, 0) is 0 Å². The van der Waals surface area contributed by atoms with Gasteiger partial charge in [-0.25, -0.2) is 14.8 Å². The summed E-state index contributed by atoms with van der Waals surface area (Å²) in [6, 6.07) is 14.5. The second-order valence-corrected chi connectivity index (χ2v) is 7.03. The Hall–Kier alpha value is -2.57. The molecular weight excluding hydrogens is 385 g/mol. The monoisotopic (exact) mass is 401 g/mol. The summed E-state index contributed by atoms with van der Waals surface area (Å²) in [4.78, 5) is 25.4. The summed E-state index contributed by atoms with van der Waals surface area (Å²) >= 11 is 12.2. The van der Waals surface area contributed by atoms with E-state index in [4.69, 9.17) is 23.2 Å². The topological polar surface area (TPSA) is 61.4 Å². The highest BCUT2D eigenvalue weighted by Gasteiger charge is 2.24. The van der Waals surface area contributed by atoms with E-state index in [1.165, 1.54) is 0 Å². The third kappa shape index (κ3) is 3.91. The maximum absolute atomic E-state index is 12.4. The molecule has 1 aromatic heterocycles. The molecule has 0 aliphatic carbocycles. The third-order valence-electron chi connectivity index (χ3n) is 4.47. The SMILES string of the molecule is O=C(Nc1ccc(Cl)cc1)N1CCN(c2nc3ccccc3nc2Cl)CC1. The number of carbonyl (C=O) groups excluding carboxylic acids is 1. The molecule has 6 nitrogen and oxygen atoms in total. The fourth-order valence-electron chi connectivity index (χ4n) is 3.03. The maximum atomic E-state index is 12.4. The normalized spacial score (nSPS) is 14.4. The maximum Gasteiger partial charge on any atom is 0.321 e. The molecule has 2 amide bonds. The zero-order valence-electron chi connectivity index (χ0n) is 14.4. The van der Waals surface area contributed by atoms with E-state index in [2.05, 4.69) is 20.2 Å². The zero-order valence-corrected chi connectivity index (χ0v) is 15.9. The Kier molecular flexibility index (Phi) is 5.01. The number of halogens is 2. The van der Waals surface area contributed by atoms with Crippen LogP contribution in [0.5, 0.6) is 0 Å². The van der Waals surface area contributed by atoms with Gasteiger partial charge in [-0.1, -0.05) is 35.3 Å². The van der Waals surface area contributed by atoms with Crippen LogP contribution in [0.25, 0.3) is 11.0 Å². The van der Waals surface area contributed by atoms with Crippen LogP contribution in [0, 0.1) is 0 Å². The van der Waals surface area contributed by atoms with Crippen molar-refractivity contribution in [1.29, 1.82) is 0 Å². The summed E-state index contributed by atoms with van der Waals surface area (Å²) in [5.41, 5.74) is 2.29. The van der Waals surface area contributed by atoms with Gasteiger partial charge in [0.05, 0.1) is 11.0 Å². The number of para-hydroxylation sites is 2. The van der Waals surface area contributed by atoms with E-state index in [1.54, 1.807) is 29.2 Å². The highest BCUT2D eigenvalue weighted by Crippen LogP contribution is 2.25. The molecule has 0 saturated carbocycles. The Bertz CT molecular complexity index is 972. The average molecular weight is 402 g/mol. The Morgan fingerprint density at radius 3 is 2.19 bits per heavy atom. The number of hydrogen-bond acceptors (Lipinski definition) is 4. The van der Waals surface area contributed by atoms with Gasteiger partial charge in [-0.3, -0.25) is 0 Å². The van der Waals surface area contributed by atoms with Crippen LogP contribution in [-0.4, -0.2) is 47.1 Å². The van der Waals surface area contributed by atoms with Crippen molar-refractivity contribution in [2.24, 2.45) is 0 Å². The molecule has 0 spiro atoms. The second-order valence-electron chi connectivity index (χ2n) is 6.24. The number of aromatic nitrogens is 2. The van der Waals surface area contributed by atoms with Crippen molar-refractivity contribution >= 4 is 51.8 Å². The van der Waals surface area contributed by atoms with Gasteiger partial charge in [-0.05, 0) is 36.4 Å². The lowest BCUT2D eigenvalue weighted by Crippen LogP contribution is -2.50. The van der Waals surface area contributed by atoms with Gasteiger partial charge in [0, 0.05) is 36.9 Å². The van der Waals surface area contributed by atoms with Gasteiger partial charge < -0.3 is 15.1 Å². The predicted molar refractivity (Wildman–Crippen MR) is 109 cm³/mol. The molecule has 1 aliphatic heterocycles. The van der Waals surface area contributed by atoms with E-state index in [0.29, 0.717) is 42.2 Å². The number of anilines is 2. The van der Waals surface area contributed by atoms with Gasteiger partial charge in [0.15, 0.2) is 11.0 Å². The van der Waals surface area contributed by atoms with Gasteiger partial charge in [-0.2, -0.15) is 0 Å². The van der Waals surface area contributed by atoms with Gasteiger partial charge in [0.2, 0.25) is 0 Å². The van der Waals surface area contributed by atoms with Gasteiger partial charge in [0.25, 0.3) is 0 Å². The number of hydrogen-bond donors (Lipinski definition) is 1. The molecule has 0 radical (unpaired) electrons. The van der Waals surface area contributed by atoms with Crippen LogP contribution >= 0.6 is 23.2 Å². The minimum Gasteiger partial charge on any atom is -0.350 e. The largest absolute Gasteiger partial charge is 0.350 e. The molecular formula is C19H17Cl2N5O. The molecule has 1 fully saturated rings. The van der Waals surface area contributed by atoms with Crippen LogP contribution in [0.1, 0.15) is 0 Å². The molecule has 4 rings (SSSR count). The van der Waals surface area contributed by atoms with Crippen molar-refractivity contribution in [2.75, 3.05) is 36.4 Å². The number of rotatable bonds is 2. The first-order valence-electron chi connectivity index (χ1n) is 8.59. The molecule has 0 bridgehead atoms. The number of piperazine rings is 1. The number of nitrogens with zero attached hydrogens (tertiary/aromatic N) is 4. The Balaban J connectivity index is 1.42. The van der Waals surface area contributed by atoms with E-state index in [0.717, 1.165) is 16.7 Å². The van der Waals surface area contributed by atoms with E-state index < -0.39 is 0 Å². The van der Waals surface area contributed by atoms with E-state index >= 15 is 0 Å². The average Bonchev–Trinajstić information content (AvgIpc) is 2.69. The quantitative estimate of drug-likeness (QED) is 0.695. The minimum absolute atomic E-state index is 0.132. The molecule has 2 aromatic carbocycles. The minimum atomic E-state index is -0.132. The number of amides is 2. The number of urea groups is 1. The summed E-state index contributed by atoms with van der Waals surface area (Å²) in [6.07, 6.45) is 0. The molecule has 8 heteroatoms. The molecule has 27 heavy (non-hydrogen) atoms. The van der Waals surface area contributed by atoms with Gasteiger partial charge >= 0.3 is 6.03 Å². The summed E-state index contributed by atoms with van der Waals surface area (Å²) in [5, 5.41) is 3.90. The lowest BCUT2D eigenvalue weighted by Gasteiger charge is -2.35. The van der Waals surface area contributed by atoms with Crippen molar-refractivity contribution < 1.29 is 4.79 Å². The van der Waals surface area contributed by atoms with Crippen LogP contribution in [0.3, 0.4) is 0 Å². The molecule has 1 N–H and O–H groups in total.